The molecule has 0 bridgehead atoms. The van der Waals surface area contributed by atoms with Crippen molar-refractivity contribution in [1.29, 1.82) is 0 Å². The highest BCUT2D eigenvalue weighted by molar-refractivity contribution is 5.25. The molecule has 4 nitrogen and oxygen atoms in total. The molecular formula is C13H20F3N3O. The highest BCUT2D eigenvalue weighted by Gasteiger charge is 2.38. The van der Waals surface area contributed by atoms with Crippen molar-refractivity contribution in [3.63, 3.8) is 0 Å². The van der Waals surface area contributed by atoms with Gasteiger partial charge in [-0.2, -0.15) is 13.2 Å². The minimum atomic E-state index is -4.41. The summed E-state index contributed by atoms with van der Waals surface area (Å²) < 4.78 is 42.6. The summed E-state index contributed by atoms with van der Waals surface area (Å²) in [4.78, 5) is 8.33. The Balaban J connectivity index is 2.98. The molecule has 0 aliphatic rings. The Kier molecular flexibility index (Phi) is 5.74. The van der Waals surface area contributed by atoms with Crippen LogP contribution in [0.4, 0.5) is 13.2 Å². The zero-order valence-electron chi connectivity index (χ0n) is 12.1. The third-order valence-corrected chi connectivity index (χ3v) is 2.67. The van der Waals surface area contributed by atoms with Gasteiger partial charge in [-0.3, -0.25) is 0 Å². The van der Waals surface area contributed by atoms with Crippen LogP contribution in [0.2, 0.25) is 0 Å². The average Bonchev–Trinajstić information content (AvgIpc) is 2.36. The van der Waals surface area contributed by atoms with E-state index in [-0.39, 0.29) is 11.7 Å². The molecule has 1 atom stereocenters. The molecular weight excluding hydrogens is 271 g/mol. The van der Waals surface area contributed by atoms with Crippen LogP contribution in [0.5, 0.6) is 5.75 Å². The van der Waals surface area contributed by atoms with Crippen molar-refractivity contribution >= 4 is 0 Å². The van der Waals surface area contributed by atoms with Crippen molar-refractivity contribution in [2.45, 2.75) is 52.4 Å². The van der Waals surface area contributed by atoms with Crippen molar-refractivity contribution in [1.82, 2.24) is 15.3 Å². The highest BCUT2D eigenvalue weighted by atomic mass is 19.4. The molecule has 7 heteroatoms. The standard InChI is InChI=1S/C13H20F3N3O/c1-5-17-6-10-11(20-9(4)13(14,15)16)7-18-12(19-10)8(2)3/h7-9,17H,5-6H2,1-4H3. The molecule has 0 aromatic carbocycles. The van der Waals surface area contributed by atoms with Gasteiger partial charge in [-0.15, -0.1) is 0 Å². The van der Waals surface area contributed by atoms with E-state index in [0.29, 0.717) is 24.6 Å². The van der Waals surface area contributed by atoms with Gasteiger partial charge in [0.2, 0.25) is 0 Å². The lowest BCUT2D eigenvalue weighted by Crippen LogP contribution is -2.32. The lowest BCUT2D eigenvalue weighted by atomic mass is 10.2. The van der Waals surface area contributed by atoms with Gasteiger partial charge in [0, 0.05) is 12.5 Å². The predicted octanol–water partition coefficient (Wildman–Crippen LogP) is 3.04. The molecule has 1 aromatic heterocycles. The maximum Gasteiger partial charge on any atom is 0.425 e. The van der Waals surface area contributed by atoms with Gasteiger partial charge >= 0.3 is 6.18 Å². The van der Waals surface area contributed by atoms with Crippen LogP contribution < -0.4 is 10.1 Å². The number of hydrogen-bond donors (Lipinski definition) is 1. The monoisotopic (exact) mass is 291 g/mol. The Morgan fingerprint density at radius 2 is 1.95 bits per heavy atom. The number of aromatic nitrogens is 2. The number of alkyl halides is 3. The molecule has 0 saturated heterocycles. The van der Waals surface area contributed by atoms with E-state index in [9.17, 15) is 13.2 Å². The molecule has 0 amide bonds. The molecule has 1 aromatic rings. The number of halogens is 3. The van der Waals surface area contributed by atoms with E-state index in [1.165, 1.54) is 6.20 Å². The van der Waals surface area contributed by atoms with Crippen molar-refractivity contribution in [3.05, 3.63) is 17.7 Å². The molecule has 0 aliphatic carbocycles. The van der Waals surface area contributed by atoms with Gasteiger partial charge in [0.1, 0.15) is 5.82 Å². The van der Waals surface area contributed by atoms with Crippen molar-refractivity contribution < 1.29 is 17.9 Å². The fourth-order valence-corrected chi connectivity index (χ4v) is 1.43. The maximum absolute atomic E-state index is 12.5. The van der Waals surface area contributed by atoms with Crippen LogP contribution in [-0.4, -0.2) is 28.8 Å². The van der Waals surface area contributed by atoms with Crippen LogP contribution in [0.3, 0.4) is 0 Å². The Labute approximate surface area is 116 Å². The summed E-state index contributed by atoms with van der Waals surface area (Å²) in [7, 11) is 0. The van der Waals surface area contributed by atoms with Crippen LogP contribution in [0, 0.1) is 0 Å². The Morgan fingerprint density at radius 3 is 2.45 bits per heavy atom. The van der Waals surface area contributed by atoms with Gasteiger partial charge in [0.15, 0.2) is 11.9 Å². The summed E-state index contributed by atoms with van der Waals surface area (Å²) in [6.07, 6.45) is -4.99. The van der Waals surface area contributed by atoms with Crippen molar-refractivity contribution in [3.8, 4) is 5.75 Å². The molecule has 114 valence electrons. The van der Waals surface area contributed by atoms with Gasteiger partial charge < -0.3 is 10.1 Å². The summed E-state index contributed by atoms with van der Waals surface area (Å²) >= 11 is 0. The molecule has 1 rings (SSSR count). The van der Waals surface area contributed by atoms with E-state index in [1.54, 1.807) is 0 Å². The van der Waals surface area contributed by atoms with Gasteiger partial charge in [-0.05, 0) is 13.5 Å². The van der Waals surface area contributed by atoms with Crippen LogP contribution >= 0.6 is 0 Å². The predicted molar refractivity (Wildman–Crippen MR) is 69.6 cm³/mol. The number of nitrogens with one attached hydrogen (secondary N) is 1. The van der Waals surface area contributed by atoms with E-state index < -0.39 is 12.3 Å². The molecule has 1 heterocycles. The molecule has 0 spiro atoms. The summed E-state index contributed by atoms with van der Waals surface area (Å²) in [5.74, 6) is 0.759. The third kappa shape index (κ3) is 4.63. The Bertz CT molecular complexity index is 435. The SMILES string of the molecule is CCNCc1nc(C(C)C)ncc1OC(C)C(F)(F)F. The number of nitrogens with zero attached hydrogens (tertiary/aromatic N) is 2. The van der Waals surface area contributed by atoms with Crippen LogP contribution in [-0.2, 0) is 6.54 Å². The second kappa shape index (κ2) is 6.88. The summed E-state index contributed by atoms with van der Waals surface area (Å²) in [6, 6.07) is 0. The second-order valence-corrected chi connectivity index (χ2v) is 4.78. The van der Waals surface area contributed by atoms with Crippen LogP contribution in [0.15, 0.2) is 6.20 Å². The zero-order chi connectivity index (χ0) is 15.3. The minimum Gasteiger partial charge on any atom is -0.478 e. The number of ether oxygens (including phenoxy) is 1. The minimum absolute atomic E-state index is 0.0696. The topological polar surface area (TPSA) is 47.0 Å². The van der Waals surface area contributed by atoms with E-state index in [0.717, 1.165) is 6.92 Å². The first kappa shape index (κ1) is 16.7. The Morgan fingerprint density at radius 1 is 1.30 bits per heavy atom. The number of rotatable bonds is 6. The first-order valence-corrected chi connectivity index (χ1v) is 6.55. The average molecular weight is 291 g/mol. The first-order valence-electron chi connectivity index (χ1n) is 6.55. The fraction of sp³-hybridized carbons (Fsp3) is 0.692. The van der Waals surface area contributed by atoms with E-state index in [4.69, 9.17) is 4.74 Å². The molecule has 1 unspecified atom stereocenters. The lowest BCUT2D eigenvalue weighted by Gasteiger charge is -2.19. The van der Waals surface area contributed by atoms with E-state index >= 15 is 0 Å². The normalized spacial score (nSPS) is 13.6. The fourth-order valence-electron chi connectivity index (χ4n) is 1.43. The smallest absolute Gasteiger partial charge is 0.425 e. The van der Waals surface area contributed by atoms with Gasteiger partial charge in [-0.25, -0.2) is 9.97 Å². The first-order chi connectivity index (χ1) is 9.25. The molecule has 0 saturated carbocycles. The summed E-state index contributed by atoms with van der Waals surface area (Å²) in [6.45, 7) is 7.75. The van der Waals surface area contributed by atoms with E-state index in [2.05, 4.69) is 15.3 Å². The van der Waals surface area contributed by atoms with Crippen LogP contribution in [0.25, 0.3) is 0 Å². The third-order valence-electron chi connectivity index (χ3n) is 2.67. The van der Waals surface area contributed by atoms with Crippen LogP contribution in [0.1, 0.15) is 45.1 Å². The second-order valence-electron chi connectivity index (χ2n) is 4.78. The lowest BCUT2D eigenvalue weighted by molar-refractivity contribution is -0.189. The summed E-state index contributed by atoms with van der Waals surface area (Å²) in [5.41, 5.74) is 0.446. The quantitative estimate of drug-likeness (QED) is 0.875. The molecule has 20 heavy (non-hydrogen) atoms. The maximum atomic E-state index is 12.5. The van der Waals surface area contributed by atoms with Crippen molar-refractivity contribution in [2.24, 2.45) is 0 Å². The highest BCUT2D eigenvalue weighted by Crippen LogP contribution is 2.26. The van der Waals surface area contributed by atoms with Crippen molar-refractivity contribution in [2.75, 3.05) is 6.54 Å². The van der Waals surface area contributed by atoms with Gasteiger partial charge in [-0.1, -0.05) is 20.8 Å². The molecule has 0 fully saturated rings. The Hall–Kier alpha value is -1.37. The van der Waals surface area contributed by atoms with E-state index in [1.807, 2.05) is 20.8 Å². The number of hydrogen-bond acceptors (Lipinski definition) is 4. The molecule has 0 radical (unpaired) electrons. The molecule has 1 N–H and O–H groups in total. The molecule has 0 aliphatic heterocycles. The zero-order valence-corrected chi connectivity index (χ0v) is 12.1. The largest absolute Gasteiger partial charge is 0.478 e. The van der Waals surface area contributed by atoms with Gasteiger partial charge in [0.25, 0.3) is 0 Å². The van der Waals surface area contributed by atoms with Gasteiger partial charge in [0.05, 0.1) is 11.9 Å². The summed E-state index contributed by atoms with van der Waals surface area (Å²) in [5, 5.41) is 3.03.